The van der Waals surface area contributed by atoms with Gasteiger partial charge in [0.25, 0.3) is 5.91 Å². The van der Waals surface area contributed by atoms with Crippen LogP contribution in [0.5, 0.6) is 0 Å². The molecule has 4 heterocycles. The largest absolute Gasteiger partial charge is 0.481 e. The average Bonchev–Trinajstić information content (AvgIpc) is 3.58. The lowest BCUT2D eigenvalue weighted by Crippen LogP contribution is -2.60. The number of likely N-dealkylation sites (tertiary alicyclic amines) is 1. The van der Waals surface area contributed by atoms with E-state index in [0.717, 1.165) is 42.9 Å². The first-order valence-electron chi connectivity index (χ1n) is 18.4. The van der Waals surface area contributed by atoms with E-state index in [1.165, 1.54) is 18.3 Å². The van der Waals surface area contributed by atoms with Crippen LogP contribution < -0.4 is 10.6 Å². The molecule has 0 aliphatic carbocycles. The maximum absolute atomic E-state index is 14.2. The Labute approximate surface area is 320 Å². The number of carboxylic acids is 1. The van der Waals surface area contributed by atoms with Crippen LogP contribution in [-0.4, -0.2) is 116 Å². The lowest BCUT2D eigenvalue weighted by molar-refractivity contribution is -0.149. The first-order valence-corrected chi connectivity index (χ1v) is 20.5. The predicted octanol–water partition coefficient (Wildman–Crippen LogP) is 3.89. The molecule has 2 aliphatic rings. The number of carbonyl (C=O) groups excluding carboxylic acids is 4. The summed E-state index contributed by atoms with van der Waals surface area (Å²) in [4.78, 5) is 82.1. The zero-order valence-corrected chi connectivity index (χ0v) is 33.5. The highest BCUT2D eigenvalue weighted by Crippen LogP contribution is 2.33. The summed E-state index contributed by atoms with van der Waals surface area (Å²) in [5.41, 5.74) is 1.04. The molecule has 6 atom stereocenters. The molecule has 2 aromatic heterocycles. The molecule has 4 rings (SSSR count). The topological polar surface area (TPSA) is 184 Å². The number of thioether (sulfide) groups is 1. The zero-order valence-electron chi connectivity index (χ0n) is 31.9. The summed E-state index contributed by atoms with van der Waals surface area (Å²) in [6, 6.07) is -1.80. The second kappa shape index (κ2) is 19.6. The van der Waals surface area contributed by atoms with Crippen LogP contribution in [0.1, 0.15) is 99.2 Å². The third-order valence-corrected chi connectivity index (χ3v) is 12.4. The van der Waals surface area contributed by atoms with Gasteiger partial charge in [0, 0.05) is 62.6 Å². The fourth-order valence-electron chi connectivity index (χ4n) is 6.79. The quantitative estimate of drug-likeness (QED) is 0.186. The molecule has 0 aromatic carbocycles. The first-order chi connectivity index (χ1) is 25.1. The van der Waals surface area contributed by atoms with Gasteiger partial charge in [-0.25, -0.2) is 15.0 Å². The SMILES string of the molecule is CC(=O)O[C@H](C[C@H](C(C)C)N(C)C(=O)[C@@H](NC(=O)[C@H]1CCCCN1C)C1CSC1)c1nc(C(=O)N[C@@H](CCc2ncc(C)cn2)C[C@H](C)C(=O)O)cs1. The Hall–Kier alpha value is -3.63. The van der Waals surface area contributed by atoms with Crippen LogP contribution in [0, 0.1) is 24.7 Å². The maximum atomic E-state index is 14.2. The van der Waals surface area contributed by atoms with E-state index in [4.69, 9.17) is 4.74 Å². The molecule has 16 heteroatoms. The van der Waals surface area contributed by atoms with Crippen molar-refractivity contribution in [2.45, 2.75) is 110 Å². The van der Waals surface area contributed by atoms with Crippen LogP contribution in [0.2, 0.25) is 0 Å². The number of hydrogen-bond acceptors (Lipinski definition) is 12. The van der Waals surface area contributed by atoms with Crippen molar-refractivity contribution in [1.29, 1.82) is 0 Å². The zero-order chi connectivity index (χ0) is 38.8. The van der Waals surface area contributed by atoms with E-state index in [0.29, 0.717) is 23.7 Å². The van der Waals surface area contributed by atoms with Gasteiger partial charge in [-0.2, -0.15) is 11.8 Å². The minimum Gasteiger partial charge on any atom is -0.481 e. The fraction of sp³-hybridized carbons (Fsp3) is 0.676. The summed E-state index contributed by atoms with van der Waals surface area (Å²) in [5.74, 6) is -0.819. The van der Waals surface area contributed by atoms with Crippen molar-refractivity contribution in [3.8, 4) is 0 Å². The van der Waals surface area contributed by atoms with Crippen molar-refractivity contribution >= 4 is 52.8 Å². The Morgan fingerprint density at radius 1 is 1.08 bits per heavy atom. The number of ether oxygens (including phenoxy) is 1. The fourth-order valence-corrected chi connectivity index (χ4v) is 8.52. The van der Waals surface area contributed by atoms with E-state index in [9.17, 15) is 29.1 Å². The summed E-state index contributed by atoms with van der Waals surface area (Å²) >= 11 is 2.92. The van der Waals surface area contributed by atoms with Crippen molar-refractivity contribution in [3.63, 3.8) is 0 Å². The van der Waals surface area contributed by atoms with Crippen LogP contribution in [0.25, 0.3) is 0 Å². The number of amides is 3. The van der Waals surface area contributed by atoms with E-state index in [2.05, 4.69) is 30.5 Å². The van der Waals surface area contributed by atoms with Crippen molar-refractivity contribution in [3.05, 3.63) is 39.9 Å². The molecule has 2 saturated heterocycles. The van der Waals surface area contributed by atoms with Crippen molar-refractivity contribution < 1.29 is 33.8 Å². The monoisotopic (exact) mass is 773 g/mol. The minimum atomic E-state index is -0.962. The normalized spacial score (nSPS) is 19.3. The number of aryl methyl sites for hydroxylation is 2. The van der Waals surface area contributed by atoms with E-state index >= 15 is 0 Å². The number of rotatable bonds is 18. The van der Waals surface area contributed by atoms with Gasteiger partial charge in [0.2, 0.25) is 11.8 Å². The van der Waals surface area contributed by atoms with Gasteiger partial charge in [-0.15, -0.1) is 11.3 Å². The molecular formula is C37H55N7O7S2. The number of hydrogen-bond donors (Lipinski definition) is 3. The van der Waals surface area contributed by atoms with Crippen molar-refractivity contribution in [2.75, 3.05) is 32.1 Å². The predicted molar refractivity (Wildman–Crippen MR) is 203 cm³/mol. The Morgan fingerprint density at radius 3 is 2.36 bits per heavy atom. The number of nitrogens with one attached hydrogen (secondary N) is 2. The number of piperidine rings is 1. The second-order valence-corrected chi connectivity index (χ2v) is 16.8. The van der Waals surface area contributed by atoms with Gasteiger partial charge >= 0.3 is 11.9 Å². The van der Waals surface area contributed by atoms with Crippen LogP contribution in [-0.2, 0) is 30.3 Å². The van der Waals surface area contributed by atoms with Gasteiger partial charge in [0.05, 0.1) is 12.0 Å². The smallest absolute Gasteiger partial charge is 0.306 e. The molecule has 2 aromatic rings. The Bertz CT molecular complexity index is 1570. The molecule has 0 spiro atoms. The van der Waals surface area contributed by atoms with Gasteiger partial charge in [-0.1, -0.05) is 27.2 Å². The molecular weight excluding hydrogens is 719 g/mol. The average molecular weight is 774 g/mol. The van der Waals surface area contributed by atoms with Crippen LogP contribution in [0.4, 0.5) is 0 Å². The number of nitrogens with zero attached hydrogens (tertiary/aromatic N) is 5. The summed E-state index contributed by atoms with van der Waals surface area (Å²) in [7, 11) is 3.68. The molecule has 3 N–H and O–H groups in total. The minimum absolute atomic E-state index is 0.0247. The van der Waals surface area contributed by atoms with E-state index in [1.807, 2.05) is 27.8 Å². The summed E-state index contributed by atoms with van der Waals surface area (Å²) in [6.45, 7) is 9.62. The third kappa shape index (κ3) is 11.9. The molecule has 0 unspecified atom stereocenters. The number of carbonyl (C=O) groups is 5. The number of aromatic nitrogens is 3. The highest BCUT2D eigenvalue weighted by molar-refractivity contribution is 8.00. The van der Waals surface area contributed by atoms with Gasteiger partial charge in [-0.05, 0) is 69.2 Å². The molecule has 14 nitrogen and oxygen atoms in total. The van der Waals surface area contributed by atoms with Gasteiger partial charge in [-0.3, -0.25) is 28.9 Å². The molecule has 0 radical (unpaired) electrons. The van der Waals surface area contributed by atoms with Crippen LogP contribution >= 0.6 is 23.1 Å². The number of thiazole rings is 1. The number of aliphatic carboxylic acids is 1. The molecule has 0 bridgehead atoms. The lowest BCUT2D eigenvalue weighted by atomic mass is 9.93. The van der Waals surface area contributed by atoms with E-state index in [-0.39, 0.29) is 54.3 Å². The van der Waals surface area contributed by atoms with Gasteiger partial charge in [0.1, 0.15) is 22.6 Å². The Kier molecular flexibility index (Phi) is 15.6. The summed E-state index contributed by atoms with van der Waals surface area (Å²) < 4.78 is 5.77. The van der Waals surface area contributed by atoms with Gasteiger partial charge in [0.15, 0.2) is 6.10 Å². The highest BCUT2D eigenvalue weighted by atomic mass is 32.2. The van der Waals surface area contributed by atoms with Crippen molar-refractivity contribution in [1.82, 2.24) is 35.4 Å². The molecule has 2 fully saturated rings. The standard InChI is InChI=1S/C37H55N7O7S2/c1-21(2)29(44(7)36(48)32(25-18-52-19-25)42-34(47)28-10-8-9-13-43(28)6)15-30(51-24(5)45)35-41-27(20-53-35)33(46)40-26(14-23(4)37(49)50)11-12-31-38-16-22(3)17-39-31/h16-17,20-21,23,25-26,28-30,32H,8-15,18-19H2,1-7H3,(H,40,46)(H,42,47)(H,49,50)/t23-,26-,28+,29+,30+,32-/m0/s1. The first kappa shape index (κ1) is 42.1. The molecule has 0 saturated carbocycles. The summed E-state index contributed by atoms with van der Waals surface area (Å²) in [6.07, 6.45) is 6.67. The number of esters is 1. The van der Waals surface area contributed by atoms with E-state index < -0.39 is 42.0 Å². The third-order valence-electron chi connectivity index (χ3n) is 10.1. The van der Waals surface area contributed by atoms with Gasteiger partial charge < -0.3 is 25.4 Å². The molecule has 3 amide bonds. The van der Waals surface area contributed by atoms with Crippen LogP contribution in [0.15, 0.2) is 17.8 Å². The molecule has 53 heavy (non-hydrogen) atoms. The Morgan fingerprint density at radius 2 is 1.77 bits per heavy atom. The van der Waals surface area contributed by atoms with Crippen molar-refractivity contribution in [2.24, 2.45) is 17.8 Å². The summed E-state index contributed by atoms with van der Waals surface area (Å²) in [5, 5.41) is 17.6. The van der Waals surface area contributed by atoms with Crippen LogP contribution in [0.3, 0.4) is 0 Å². The number of carboxylic acid groups (broad SMARTS) is 1. The molecule has 2 aliphatic heterocycles. The maximum Gasteiger partial charge on any atom is 0.306 e. The number of likely N-dealkylation sites (N-methyl/N-ethyl adjacent to an activating group) is 2. The second-order valence-electron chi connectivity index (χ2n) is 14.8. The van der Waals surface area contributed by atoms with E-state index in [1.54, 1.807) is 48.4 Å². The lowest BCUT2D eigenvalue weighted by Gasteiger charge is -2.40. The Balaban J connectivity index is 1.48. The highest BCUT2D eigenvalue weighted by Gasteiger charge is 2.41. The molecule has 292 valence electrons.